The van der Waals surface area contributed by atoms with Gasteiger partial charge < -0.3 is 22.1 Å². The monoisotopic (exact) mass is 445 g/mol. The Labute approximate surface area is 186 Å². The molecule has 1 spiro atoms. The number of anilines is 3. The Balaban J connectivity index is 1.27. The SMILES string of the molecule is Nc1nc(N2CCC3(CC2)CC2CCCC2[C@H]3N)cnc1Sc1ccnc(N)c1Cl. The van der Waals surface area contributed by atoms with E-state index >= 15 is 0 Å². The van der Waals surface area contributed by atoms with Gasteiger partial charge in [-0.3, -0.25) is 0 Å². The normalized spacial score (nSPS) is 27.5. The van der Waals surface area contributed by atoms with Crippen molar-refractivity contribution in [1.82, 2.24) is 15.0 Å². The molecular formula is C21H28ClN7S. The van der Waals surface area contributed by atoms with E-state index in [2.05, 4.69) is 19.9 Å². The number of nitrogens with zero attached hydrogens (tertiary/aromatic N) is 4. The number of fused-ring (bicyclic) bond motifs is 1. The summed E-state index contributed by atoms with van der Waals surface area (Å²) >= 11 is 7.59. The number of hydrogen-bond donors (Lipinski definition) is 3. The first-order valence-electron chi connectivity index (χ1n) is 10.7. The zero-order valence-electron chi connectivity index (χ0n) is 16.9. The molecular weight excluding hydrogens is 418 g/mol. The highest BCUT2D eigenvalue weighted by molar-refractivity contribution is 7.99. The maximum Gasteiger partial charge on any atom is 0.158 e. The van der Waals surface area contributed by atoms with Crippen LogP contribution in [0.1, 0.15) is 38.5 Å². The number of rotatable bonds is 3. The minimum Gasteiger partial charge on any atom is -0.382 e. The Morgan fingerprint density at radius 1 is 1.13 bits per heavy atom. The molecule has 3 atom stereocenters. The number of pyridine rings is 1. The lowest BCUT2D eigenvalue weighted by Gasteiger charge is -2.43. The molecule has 30 heavy (non-hydrogen) atoms. The first-order chi connectivity index (χ1) is 14.5. The molecule has 5 rings (SSSR count). The third kappa shape index (κ3) is 3.39. The van der Waals surface area contributed by atoms with Gasteiger partial charge in [-0.15, -0.1) is 0 Å². The topological polar surface area (TPSA) is 120 Å². The summed E-state index contributed by atoms with van der Waals surface area (Å²) in [4.78, 5) is 16.2. The summed E-state index contributed by atoms with van der Waals surface area (Å²) in [5.41, 5.74) is 19.1. The second-order valence-corrected chi connectivity index (χ2v) is 10.4. The van der Waals surface area contributed by atoms with Gasteiger partial charge in [0, 0.05) is 30.2 Å². The molecule has 2 unspecified atom stereocenters. The Morgan fingerprint density at radius 2 is 1.93 bits per heavy atom. The van der Waals surface area contributed by atoms with Crippen LogP contribution in [-0.2, 0) is 0 Å². The van der Waals surface area contributed by atoms with Gasteiger partial charge >= 0.3 is 0 Å². The quantitative estimate of drug-likeness (QED) is 0.655. The van der Waals surface area contributed by atoms with E-state index in [4.69, 9.17) is 28.8 Å². The van der Waals surface area contributed by atoms with Crippen molar-refractivity contribution in [1.29, 1.82) is 0 Å². The maximum absolute atomic E-state index is 6.76. The van der Waals surface area contributed by atoms with Crippen LogP contribution < -0.4 is 22.1 Å². The zero-order chi connectivity index (χ0) is 20.9. The van der Waals surface area contributed by atoms with Crippen LogP contribution in [0, 0.1) is 17.3 Å². The molecule has 160 valence electrons. The van der Waals surface area contributed by atoms with E-state index in [1.165, 1.54) is 37.4 Å². The van der Waals surface area contributed by atoms with Gasteiger partial charge in [0.15, 0.2) is 5.82 Å². The van der Waals surface area contributed by atoms with Crippen LogP contribution in [0.5, 0.6) is 0 Å². The van der Waals surface area contributed by atoms with Crippen molar-refractivity contribution < 1.29 is 0 Å². The molecule has 6 N–H and O–H groups in total. The van der Waals surface area contributed by atoms with Crippen LogP contribution in [0.2, 0.25) is 5.02 Å². The van der Waals surface area contributed by atoms with Crippen molar-refractivity contribution in [3.63, 3.8) is 0 Å². The summed E-state index contributed by atoms with van der Waals surface area (Å²) in [5.74, 6) is 3.13. The molecule has 7 nitrogen and oxygen atoms in total. The maximum atomic E-state index is 6.76. The van der Waals surface area contributed by atoms with Crippen LogP contribution in [0.25, 0.3) is 0 Å². The van der Waals surface area contributed by atoms with E-state index < -0.39 is 0 Å². The summed E-state index contributed by atoms with van der Waals surface area (Å²) < 4.78 is 0. The molecule has 9 heteroatoms. The molecule has 0 bridgehead atoms. The number of piperidine rings is 1. The summed E-state index contributed by atoms with van der Waals surface area (Å²) in [6, 6.07) is 2.16. The standard InChI is InChI=1S/C21H28ClN7S/c22-16-14(4-7-26-18(16)24)30-20-19(25)28-15(11-27-20)29-8-5-21(6-9-29)10-12-2-1-3-13(12)17(21)23/h4,7,11-13,17H,1-3,5-6,8-10,23H2,(H2,24,26)(H2,25,28)/t12?,13?,17-/m1/s1. The molecule has 1 saturated heterocycles. The minimum atomic E-state index is 0.293. The average Bonchev–Trinajstić information content (AvgIpc) is 3.29. The van der Waals surface area contributed by atoms with Crippen molar-refractivity contribution in [2.24, 2.45) is 23.0 Å². The van der Waals surface area contributed by atoms with Gasteiger partial charge in [-0.25, -0.2) is 15.0 Å². The van der Waals surface area contributed by atoms with Crippen molar-refractivity contribution in [3.05, 3.63) is 23.5 Å². The van der Waals surface area contributed by atoms with Gasteiger partial charge in [-0.05, 0) is 49.0 Å². The smallest absolute Gasteiger partial charge is 0.158 e. The van der Waals surface area contributed by atoms with Crippen LogP contribution in [-0.4, -0.2) is 34.1 Å². The van der Waals surface area contributed by atoms with Crippen molar-refractivity contribution in [3.8, 4) is 0 Å². The second-order valence-electron chi connectivity index (χ2n) is 8.96. The molecule has 0 amide bonds. The number of nitrogen functional groups attached to an aromatic ring is 2. The minimum absolute atomic E-state index is 0.293. The number of aromatic nitrogens is 3. The Hall–Kier alpha value is -1.77. The Kier molecular flexibility index (Phi) is 5.19. The number of nitrogens with two attached hydrogens (primary N) is 3. The van der Waals surface area contributed by atoms with Gasteiger partial charge in [-0.1, -0.05) is 36.2 Å². The highest BCUT2D eigenvalue weighted by Crippen LogP contribution is 2.56. The van der Waals surface area contributed by atoms with Crippen molar-refractivity contribution in [2.45, 2.75) is 54.5 Å². The van der Waals surface area contributed by atoms with E-state index in [-0.39, 0.29) is 0 Å². The fraction of sp³-hybridized carbons (Fsp3) is 0.571. The fourth-order valence-corrected chi connectivity index (χ4v) is 6.88. The fourth-order valence-electron chi connectivity index (χ4n) is 5.86. The summed E-state index contributed by atoms with van der Waals surface area (Å²) in [7, 11) is 0. The first kappa shape index (κ1) is 20.2. The number of hydrogen-bond acceptors (Lipinski definition) is 8. The predicted octanol–water partition coefficient (Wildman–Crippen LogP) is 3.57. The molecule has 2 aromatic heterocycles. The summed E-state index contributed by atoms with van der Waals surface area (Å²) in [5, 5.41) is 1.03. The first-order valence-corrected chi connectivity index (χ1v) is 11.9. The molecule has 3 aliphatic rings. The molecule has 1 aliphatic heterocycles. The Morgan fingerprint density at radius 3 is 2.67 bits per heavy atom. The lowest BCUT2D eigenvalue weighted by atomic mass is 9.72. The van der Waals surface area contributed by atoms with E-state index in [0.717, 1.165) is 48.5 Å². The molecule has 2 aromatic rings. The molecule has 2 aliphatic carbocycles. The van der Waals surface area contributed by atoms with Crippen LogP contribution in [0.3, 0.4) is 0 Å². The van der Waals surface area contributed by atoms with Gasteiger partial charge in [0.2, 0.25) is 0 Å². The predicted molar refractivity (Wildman–Crippen MR) is 122 cm³/mol. The molecule has 3 fully saturated rings. The third-order valence-corrected chi connectivity index (χ3v) is 9.05. The van der Waals surface area contributed by atoms with Crippen molar-refractivity contribution in [2.75, 3.05) is 29.5 Å². The summed E-state index contributed by atoms with van der Waals surface area (Å²) in [6.45, 7) is 1.92. The number of halogens is 1. The largest absolute Gasteiger partial charge is 0.382 e. The highest BCUT2D eigenvalue weighted by Gasteiger charge is 2.53. The zero-order valence-corrected chi connectivity index (χ0v) is 18.5. The molecule has 2 saturated carbocycles. The van der Waals surface area contributed by atoms with Crippen LogP contribution in [0.15, 0.2) is 28.4 Å². The van der Waals surface area contributed by atoms with E-state index in [1.807, 2.05) is 0 Å². The average molecular weight is 446 g/mol. The van der Waals surface area contributed by atoms with Gasteiger partial charge in [0.05, 0.1) is 11.2 Å². The van der Waals surface area contributed by atoms with E-state index in [0.29, 0.717) is 33.1 Å². The molecule has 3 heterocycles. The summed E-state index contributed by atoms with van der Waals surface area (Å²) in [6.07, 6.45) is 11.1. The van der Waals surface area contributed by atoms with Gasteiger partial charge in [0.1, 0.15) is 16.7 Å². The van der Waals surface area contributed by atoms with Gasteiger partial charge in [-0.2, -0.15) is 0 Å². The third-order valence-electron chi connectivity index (χ3n) is 7.48. The molecule has 0 aromatic carbocycles. The second kappa shape index (κ2) is 7.73. The van der Waals surface area contributed by atoms with Gasteiger partial charge in [0.25, 0.3) is 0 Å². The lowest BCUT2D eigenvalue weighted by molar-refractivity contribution is 0.177. The highest BCUT2D eigenvalue weighted by atomic mass is 35.5. The van der Waals surface area contributed by atoms with E-state index in [9.17, 15) is 0 Å². The van der Waals surface area contributed by atoms with Crippen LogP contribution in [0.4, 0.5) is 17.5 Å². The van der Waals surface area contributed by atoms with Crippen LogP contribution >= 0.6 is 23.4 Å². The lowest BCUT2D eigenvalue weighted by Crippen LogP contribution is -2.49. The van der Waals surface area contributed by atoms with E-state index in [1.54, 1.807) is 18.5 Å². The molecule has 0 radical (unpaired) electrons. The Bertz CT molecular complexity index is 947. The van der Waals surface area contributed by atoms with Crippen molar-refractivity contribution >= 4 is 40.8 Å².